The number of esters is 1. The Morgan fingerprint density at radius 3 is 1.72 bits per heavy atom. The maximum absolute atomic E-state index is 12.5. The molecule has 32 heavy (non-hydrogen) atoms. The standard InChI is InChI=1S/C26H37NO4Si/c1-20(28)27-21(18-24(29)31-25(2,3)4)19-30-32(26(5,6)7,22-14-10-8-11-15-22)23-16-12-9-13-17-23/h8-17,21H,18-19H2,1-7H3,(H,27,28)/t21-/m0/s1. The van der Waals surface area contributed by atoms with Gasteiger partial charge in [-0.25, -0.2) is 0 Å². The molecule has 0 aliphatic rings. The van der Waals surface area contributed by atoms with E-state index in [0.29, 0.717) is 0 Å². The van der Waals surface area contributed by atoms with E-state index in [2.05, 4.69) is 50.4 Å². The second kappa shape index (κ2) is 10.4. The minimum absolute atomic E-state index is 0.0506. The molecule has 0 spiro atoms. The van der Waals surface area contributed by atoms with Crippen LogP contribution in [0.25, 0.3) is 0 Å². The average Bonchev–Trinajstić information content (AvgIpc) is 2.67. The molecule has 1 N–H and O–H groups in total. The summed E-state index contributed by atoms with van der Waals surface area (Å²) in [4.78, 5) is 24.4. The second-order valence-corrected chi connectivity index (χ2v) is 14.5. The van der Waals surface area contributed by atoms with Gasteiger partial charge in [0.05, 0.1) is 19.1 Å². The number of nitrogens with one attached hydrogen (secondary N) is 1. The van der Waals surface area contributed by atoms with Crippen LogP contribution in [0.5, 0.6) is 0 Å². The Hall–Kier alpha value is -2.44. The van der Waals surface area contributed by atoms with Crippen LogP contribution in [-0.4, -0.2) is 38.4 Å². The summed E-state index contributed by atoms with van der Waals surface area (Å²) < 4.78 is 12.4. The molecule has 174 valence electrons. The fourth-order valence-corrected chi connectivity index (χ4v) is 8.62. The third-order valence-electron chi connectivity index (χ3n) is 5.16. The van der Waals surface area contributed by atoms with Crippen molar-refractivity contribution in [2.45, 2.75) is 71.6 Å². The number of amides is 1. The van der Waals surface area contributed by atoms with Crippen LogP contribution in [0.3, 0.4) is 0 Å². The number of carbonyl (C=O) groups is 2. The van der Waals surface area contributed by atoms with E-state index in [-0.39, 0.29) is 29.9 Å². The fourth-order valence-electron chi connectivity index (χ4n) is 4.01. The molecular weight excluding hydrogens is 418 g/mol. The summed E-state index contributed by atoms with van der Waals surface area (Å²) in [6, 6.07) is 20.1. The molecule has 0 saturated carbocycles. The Morgan fingerprint density at radius 2 is 1.34 bits per heavy atom. The highest BCUT2D eigenvalue weighted by Crippen LogP contribution is 2.36. The third-order valence-corrected chi connectivity index (χ3v) is 10.2. The van der Waals surface area contributed by atoms with Gasteiger partial charge in [0.2, 0.25) is 5.91 Å². The van der Waals surface area contributed by atoms with E-state index < -0.39 is 20.0 Å². The van der Waals surface area contributed by atoms with Gasteiger partial charge in [0.25, 0.3) is 8.32 Å². The molecule has 0 aliphatic carbocycles. The van der Waals surface area contributed by atoms with Crippen molar-refractivity contribution < 1.29 is 18.8 Å². The van der Waals surface area contributed by atoms with Gasteiger partial charge in [0.15, 0.2) is 0 Å². The molecule has 2 aromatic carbocycles. The molecule has 0 aromatic heterocycles. The number of ether oxygens (including phenoxy) is 1. The van der Waals surface area contributed by atoms with E-state index in [9.17, 15) is 9.59 Å². The van der Waals surface area contributed by atoms with Crippen molar-refractivity contribution >= 4 is 30.6 Å². The predicted molar refractivity (Wildman–Crippen MR) is 132 cm³/mol. The van der Waals surface area contributed by atoms with Gasteiger partial charge >= 0.3 is 5.97 Å². The largest absolute Gasteiger partial charge is 0.460 e. The van der Waals surface area contributed by atoms with Gasteiger partial charge in [0, 0.05) is 6.92 Å². The highest BCUT2D eigenvalue weighted by atomic mass is 28.4. The predicted octanol–water partition coefficient (Wildman–Crippen LogP) is 3.80. The van der Waals surface area contributed by atoms with Crippen molar-refractivity contribution in [2.75, 3.05) is 6.61 Å². The van der Waals surface area contributed by atoms with Crippen molar-refractivity contribution in [2.24, 2.45) is 0 Å². The third kappa shape index (κ3) is 6.78. The maximum atomic E-state index is 12.5. The van der Waals surface area contributed by atoms with E-state index in [0.717, 1.165) is 10.4 Å². The summed E-state index contributed by atoms with van der Waals surface area (Å²) in [7, 11) is -2.76. The van der Waals surface area contributed by atoms with Gasteiger partial charge < -0.3 is 14.5 Å². The highest BCUT2D eigenvalue weighted by molar-refractivity contribution is 6.99. The van der Waals surface area contributed by atoms with Crippen LogP contribution in [-0.2, 0) is 18.8 Å². The van der Waals surface area contributed by atoms with Crippen molar-refractivity contribution in [1.82, 2.24) is 5.32 Å². The average molecular weight is 456 g/mol. The number of hydrogen-bond acceptors (Lipinski definition) is 4. The molecule has 2 rings (SSSR count). The summed E-state index contributed by atoms with van der Waals surface area (Å²) in [6.07, 6.45) is 0.0506. The number of carbonyl (C=O) groups excluding carboxylic acids is 2. The van der Waals surface area contributed by atoms with Crippen LogP contribution >= 0.6 is 0 Å². The lowest BCUT2D eigenvalue weighted by molar-refractivity contribution is -0.155. The quantitative estimate of drug-likeness (QED) is 0.486. The smallest absolute Gasteiger partial charge is 0.308 e. The lowest BCUT2D eigenvalue weighted by Gasteiger charge is -2.43. The first-order chi connectivity index (χ1) is 14.8. The zero-order chi connectivity index (χ0) is 24.0. The van der Waals surface area contributed by atoms with Crippen LogP contribution in [0.15, 0.2) is 60.7 Å². The van der Waals surface area contributed by atoms with Gasteiger partial charge in [-0.1, -0.05) is 81.4 Å². The molecule has 0 aliphatic heterocycles. The Balaban J connectivity index is 2.43. The molecule has 0 heterocycles. The van der Waals surface area contributed by atoms with E-state index in [4.69, 9.17) is 9.16 Å². The molecule has 0 unspecified atom stereocenters. The van der Waals surface area contributed by atoms with Crippen LogP contribution in [0.4, 0.5) is 0 Å². The minimum atomic E-state index is -2.76. The molecular formula is C26H37NO4Si. The van der Waals surface area contributed by atoms with Gasteiger partial charge in [0.1, 0.15) is 5.60 Å². The number of hydrogen-bond donors (Lipinski definition) is 1. The Kier molecular flexibility index (Phi) is 8.43. The topological polar surface area (TPSA) is 64.6 Å². The first kappa shape index (κ1) is 25.8. The van der Waals surface area contributed by atoms with Crippen LogP contribution in [0.2, 0.25) is 5.04 Å². The minimum Gasteiger partial charge on any atom is -0.460 e. The van der Waals surface area contributed by atoms with Gasteiger partial charge in [-0.3, -0.25) is 9.59 Å². The molecule has 2 aromatic rings. The van der Waals surface area contributed by atoms with Crippen molar-refractivity contribution in [3.05, 3.63) is 60.7 Å². The maximum Gasteiger partial charge on any atom is 0.308 e. The van der Waals surface area contributed by atoms with Crippen molar-refractivity contribution in [3.8, 4) is 0 Å². The van der Waals surface area contributed by atoms with Gasteiger partial charge in [-0.2, -0.15) is 0 Å². The number of benzene rings is 2. The summed E-state index contributed by atoms with van der Waals surface area (Å²) in [5.41, 5.74) is -0.587. The van der Waals surface area contributed by atoms with Crippen molar-refractivity contribution in [3.63, 3.8) is 0 Å². The monoisotopic (exact) mass is 455 g/mol. The van der Waals surface area contributed by atoms with E-state index >= 15 is 0 Å². The normalized spacial score (nSPS) is 13.3. The van der Waals surface area contributed by atoms with E-state index in [1.165, 1.54) is 6.92 Å². The highest BCUT2D eigenvalue weighted by Gasteiger charge is 2.50. The van der Waals surface area contributed by atoms with Gasteiger partial charge in [-0.05, 0) is 36.2 Å². The molecule has 1 amide bonds. The first-order valence-electron chi connectivity index (χ1n) is 11.1. The summed E-state index contributed by atoms with van der Waals surface area (Å²) >= 11 is 0. The zero-order valence-corrected chi connectivity index (χ0v) is 21.4. The first-order valence-corrected chi connectivity index (χ1v) is 13.0. The lowest BCUT2D eigenvalue weighted by atomic mass is 10.1. The van der Waals surface area contributed by atoms with Gasteiger partial charge in [-0.15, -0.1) is 0 Å². The van der Waals surface area contributed by atoms with Crippen LogP contribution in [0.1, 0.15) is 54.9 Å². The van der Waals surface area contributed by atoms with E-state index in [1.54, 1.807) is 0 Å². The van der Waals surface area contributed by atoms with Crippen molar-refractivity contribution in [1.29, 1.82) is 0 Å². The molecule has 0 saturated heterocycles. The Labute approximate surface area is 193 Å². The summed E-state index contributed by atoms with van der Waals surface area (Å²) in [5.74, 6) is -0.563. The molecule has 0 bridgehead atoms. The summed E-state index contributed by atoms with van der Waals surface area (Å²) in [6.45, 7) is 13.7. The molecule has 6 heteroatoms. The lowest BCUT2D eigenvalue weighted by Crippen LogP contribution is -2.67. The van der Waals surface area contributed by atoms with Crippen LogP contribution < -0.4 is 15.7 Å². The molecule has 0 radical (unpaired) electrons. The summed E-state index contributed by atoms with van der Waals surface area (Å²) in [5, 5.41) is 4.99. The number of rotatable bonds is 8. The zero-order valence-electron chi connectivity index (χ0n) is 20.4. The molecule has 0 fully saturated rings. The Morgan fingerprint density at radius 1 is 0.875 bits per heavy atom. The molecule has 1 atom stereocenters. The Bertz CT molecular complexity index is 846. The van der Waals surface area contributed by atoms with Crippen LogP contribution in [0, 0.1) is 0 Å². The molecule has 5 nitrogen and oxygen atoms in total. The van der Waals surface area contributed by atoms with E-state index in [1.807, 2.05) is 57.2 Å². The fraction of sp³-hybridized carbons (Fsp3) is 0.462. The second-order valence-electron chi connectivity index (χ2n) is 10.2. The SMILES string of the molecule is CC(=O)N[C@H](CO[Si](c1ccccc1)(c1ccccc1)C(C)(C)C)CC(=O)OC(C)(C)C.